The van der Waals surface area contributed by atoms with E-state index < -0.39 is 0 Å². The lowest BCUT2D eigenvalue weighted by molar-refractivity contribution is 0.0993. The lowest BCUT2D eigenvalue weighted by atomic mass is 10.0. The Morgan fingerprint density at radius 3 is 2.48 bits per heavy atom. The van der Waals surface area contributed by atoms with Gasteiger partial charge in [-0.3, -0.25) is 9.36 Å². The van der Waals surface area contributed by atoms with E-state index in [9.17, 15) is 4.79 Å². The summed E-state index contributed by atoms with van der Waals surface area (Å²) in [6.45, 7) is 4.04. The minimum atomic E-state index is -0.255. The molecule has 0 N–H and O–H groups in total. The molecule has 0 radical (unpaired) electrons. The fourth-order valence-corrected chi connectivity index (χ4v) is 5.38. The third-order valence-electron chi connectivity index (χ3n) is 6.16. The number of thioether (sulfide) groups is 1. The van der Waals surface area contributed by atoms with Crippen LogP contribution in [0.5, 0.6) is 0 Å². The van der Waals surface area contributed by atoms with Gasteiger partial charge in [-0.25, -0.2) is 4.98 Å². The average Bonchev–Trinajstić information content (AvgIpc) is 3.46. The van der Waals surface area contributed by atoms with Crippen LogP contribution >= 0.6 is 23.4 Å². The molecule has 0 unspecified atom stereocenters. The maximum absolute atomic E-state index is 13.3. The second-order valence-corrected chi connectivity index (χ2v) is 10.3. The summed E-state index contributed by atoms with van der Waals surface area (Å²) < 4.78 is 2.07. The minimum absolute atomic E-state index is 0.140. The van der Waals surface area contributed by atoms with E-state index >= 15 is 0 Å². The summed E-state index contributed by atoms with van der Waals surface area (Å²) in [7, 11) is 0. The number of carbonyl (C=O) groups is 1. The maximum Gasteiger partial charge on any atom is 0.176 e. The standard InChI is InChI=1S/C28H25ClN2OS/c1-18-6-14-25(15-7-18)31-17-26(21-10-12-24(29)13-11-21)30-28(31)33-19(2)27(32)23-9-8-20-4-3-5-22(20)16-23/h6-17,19H,3-5H2,1-2H3/t19-/m1/s1. The SMILES string of the molecule is Cc1ccc(-n2cc(-c3ccc(Cl)cc3)nc2S[C@H](C)C(=O)c2ccc3c(c2)CCC3)cc1. The number of carbonyl (C=O) groups excluding carboxylic acids is 1. The summed E-state index contributed by atoms with van der Waals surface area (Å²) in [6.07, 6.45) is 5.40. The monoisotopic (exact) mass is 472 g/mol. The molecule has 0 aliphatic heterocycles. The number of hydrogen-bond donors (Lipinski definition) is 0. The molecule has 5 heteroatoms. The summed E-state index contributed by atoms with van der Waals surface area (Å²) >= 11 is 7.58. The Morgan fingerprint density at radius 1 is 1.00 bits per heavy atom. The third kappa shape index (κ3) is 4.64. The molecule has 3 aromatic carbocycles. The number of Topliss-reactive ketones (excluding diaryl/α,β-unsaturated/α-hetero) is 1. The van der Waals surface area contributed by atoms with Crippen LogP contribution in [0.15, 0.2) is 78.1 Å². The molecule has 0 bridgehead atoms. The predicted octanol–water partition coefficient (Wildman–Crippen LogP) is 7.35. The van der Waals surface area contributed by atoms with Gasteiger partial charge in [-0.15, -0.1) is 0 Å². The van der Waals surface area contributed by atoms with Crippen molar-refractivity contribution in [1.82, 2.24) is 9.55 Å². The number of halogens is 1. The second-order valence-electron chi connectivity index (χ2n) is 8.58. The van der Waals surface area contributed by atoms with Gasteiger partial charge >= 0.3 is 0 Å². The van der Waals surface area contributed by atoms with Crippen molar-refractivity contribution in [2.45, 2.75) is 43.5 Å². The van der Waals surface area contributed by atoms with Crippen molar-refractivity contribution < 1.29 is 4.79 Å². The van der Waals surface area contributed by atoms with Gasteiger partial charge in [0.05, 0.1) is 10.9 Å². The molecule has 1 aliphatic rings. The van der Waals surface area contributed by atoms with E-state index in [4.69, 9.17) is 16.6 Å². The molecule has 0 amide bonds. The number of aryl methyl sites for hydroxylation is 3. The van der Waals surface area contributed by atoms with Gasteiger partial charge in [0.15, 0.2) is 10.9 Å². The van der Waals surface area contributed by atoms with Gasteiger partial charge in [-0.1, -0.05) is 65.3 Å². The van der Waals surface area contributed by atoms with E-state index in [0.29, 0.717) is 5.02 Å². The van der Waals surface area contributed by atoms with Crippen LogP contribution in [0.25, 0.3) is 16.9 Å². The molecule has 3 nitrogen and oxygen atoms in total. The molecule has 0 saturated carbocycles. The first-order valence-electron chi connectivity index (χ1n) is 11.2. The lowest BCUT2D eigenvalue weighted by Crippen LogP contribution is -2.15. The highest BCUT2D eigenvalue weighted by atomic mass is 35.5. The molecule has 0 spiro atoms. The van der Waals surface area contributed by atoms with E-state index in [2.05, 4.69) is 47.9 Å². The lowest BCUT2D eigenvalue weighted by Gasteiger charge is -2.13. The Kier molecular flexibility index (Phi) is 6.13. The van der Waals surface area contributed by atoms with Gasteiger partial charge in [-0.2, -0.15) is 0 Å². The summed E-state index contributed by atoms with van der Waals surface area (Å²) in [6, 6.07) is 22.2. The highest BCUT2D eigenvalue weighted by Crippen LogP contribution is 2.32. The first kappa shape index (κ1) is 22.0. The van der Waals surface area contributed by atoms with Gasteiger partial charge in [0.25, 0.3) is 0 Å². The van der Waals surface area contributed by atoms with Crippen molar-refractivity contribution in [3.63, 3.8) is 0 Å². The van der Waals surface area contributed by atoms with E-state index in [-0.39, 0.29) is 11.0 Å². The largest absolute Gasteiger partial charge is 0.294 e. The van der Waals surface area contributed by atoms with Crippen molar-refractivity contribution in [3.8, 4) is 16.9 Å². The number of ketones is 1. The Balaban J connectivity index is 1.47. The average molecular weight is 473 g/mol. The molecule has 1 heterocycles. The smallest absolute Gasteiger partial charge is 0.176 e. The van der Waals surface area contributed by atoms with E-state index in [1.54, 1.807) is 0 Å². The molecular formula is C28H25ClN2OS. The number of rotatable bonds is 6. The molecule has 1 aromatic heterocycles. The van der Waals surface area contributed by atoms with Crippen molar-refractivity contribution in [2.24, 2.45) is 0 Å². The van der Waals surface area contributed by atoms with Crippen LogP contribution in [-0.2, 0) is 12.8 Å². The van der Waals surface area contributed by atoms with Crippen LogP contribution in [0.1, 0.15) is 40.4 Å². The zero-order valence-electron chi connectivity index (χ0n) is 18.7. The number of hydrogen-bond acceptors (Lipinski definition) is 3. The fraction of sp³-hybridized carbons (Fsp3) is 0.214. The molecule has 1 atom stereocenters. The highest BCUT2D eigenvalue weighted by molar-refractivity contribution is 8.00. The van der Waals surface area contributed by atoms with Crippen LogP contribution in [0, 0.1) is 6.92 Å². The first-order valence-corrected chi connectivity index (χ1v) is 12.5. The quantitative estimate of drug-likeness (QED) is 0.217. The molecule has 0 saturated heterocycles. The number of benzene rings is 3. The topological polar surface area (TPSA) is 34.9 Å². The van der Waals surface area contributed by atoms with Crippen LogP contribution in [0.3, 0.4) is 0 Å². The maximum atomic E-state index is 13.3. The summed E-state index contributed by atoms with van der Waals surface area (Å²) in [5, 5.41) is 1.24. The summed E-state index contributed by atoms with van der Waals surface area (Å²) in [4.78, 5) is 18.2. The Bertz CT molecular complexity index is 1310. The van der Waals surface area contributed by atoms with Crippen molar-refractivity contribution in [1.29, 1.82) is 0 Å². The summed E-state index contributed by atoms with van der Waals surface area (Å²) in [5.74, 6) is 0.140. The van der Waals surface area contributed by atoms with Crippen molar-refractivity contribution >= 4 is 29.1 Å². The normalized spacial score (nSPS) is 13.7. The van der Waals surface area contributed by atoms with Gasteiger partial charge in [0, 0.05) is 28.0 Å². The molecular weight excluding hydrogens is 448 g/mol. The fourth-order valence-electron chi connectivity index (χ4n) is 4.27. The number of imidazole rings is 1. The Hall–Kier alpha value is -2.82. The van der Waals surface area contributed by atoms with Gasteiger partial charge in [0.2, 0.25) is 0 Å². The predicted molar refractivity (Wildman–Crippen MR) is 137 cm³/mol. The zero-order valence-corrected chi connectivity index (χ0v) is 20.3. The van der Waals surface area contributed by atoms with Crippen LogP contribution in [0.2, 0.25) is 5.02 Å². The Labute approximate surface area is 203 Å². The van der Waals surface area contributed by atoms with Crippen LogP contribution in [-0.4, -0.2) is 20.6 Å². The van der Waals surface area contributed by atoms with Gasteiger partial charge in [0.1, 0.15) is 0 Å². The van der Waals surface area contributed by atoms with Gasteiger partial charge in [-0.05, 0) is 74.6 Å². The van der Waals surface area contributed by atoms with E-state index in [0.717, 1.165) is 40.5 Å². The number of aromatic nitrogens is 2. The zero-order chi connectivity index (χ0) is 22.9. The van der Waals surface area contributed by atoms with E-state index in [1.165, 1.54) is 34.9 Å². The number of fused-ring (bicyclic) bond motifs is 1. The molecule has 5 rings (SSSR count). The molecule has 4 aromatic rings. The second kappa shape index (κ2) is 9.20. The third-order valence-corrected chi connectivity index (χ3v) is 7.48. The van der Waals surface area contributed by atoms with Gasteiger partial charge < -0.3 is 0 Å². The van der Waals surface area contributed by atoms with Crippen molar-refractivity contribution in [2.75, 3.05) is 0 Å². The molecule has 33 heavy (non-hydrogen) atoms. The van der Waals surface area contributed by atoms with Crippen molar-refractivity contribution in [3.05, 3.63) is 100 Å². The molecule has 0 fully saturated rings. The Morgan fingerprint density at radius 2 is 1.73 bits per heavy atom. The first-order chi connectivity index (χ1) is 16.0. The highest BCUT2D eigenvalue weighted by Gasteiger charge is 2.22. The number of nitrogens with zero attached hydrogens (tertiary/aromatic N) is 2. The molecule has 1 aliphatic carbocycles. The summed E-state index contributed by atoms with van der Waals surface area (Å²) in [5.41, 5.74) is 7.57. The van der Waals surface area contributed by atoms with Crippen LogP contribution < -0.4 is 0 Å². The molecule has 166 valence electrons. The minimum Gasteiger partial charge on any atom is -0.294 e. The van der Waals surface area contributed by atoms with E-state index in [1.807, 2.05) is 43.5 Å². The van der Waals surface area contributed by atoms with Crippen LogP contribution in [0.4, 0.5) is 0 Å².